The van der Waals surface area contributed by atoms with Crippen molar-refractivity contribution in [3.8, 4) is 0 Å². The molecule has 0 spiro atoms. The fraction of sp³-hybridized carbons (Fsp3) is 0.643. The zero-order valence-corrected chi connectivity index (χ0v) is 13.6. The Balaban J connectivity index is 1.72. The van der Waals surface area contributed by atoms with Gasteiger partial charge in [-0.1, -0.05) is 19.3 Å². The molecule has 0 aliphatic heterocycles. The molecular weight excluding hydrogens is 324 g/mol. The summed E-state index contributed by atoms with van der Waals surface area (Å²) >= 11 is 5.14. The van der Waals surface area contributed by atoms with Gasteiger partial charge in [-0.3, -0.25) is 4.79 Å². The molecular formula is C14H21BrN2OS. The van der Waals surface area contributed by atoms with Gasteiger partial charge in [-0.25, -0.2) is 0 Å². The first-order chi connectivity index (χ1) is 9.15. The number of thiophene rings is 1. The maximum atomic E-state index is 12.1. The summed E-state index contributed by atoms with van der Waals surface area (Å²) in [7, 11) is 0. The minimum absolute atomic E-state index is 0.127. The predicted molar refractivity (Wildman–Crippen MR) is 83.3 cm³/mol. The first-order valence-corrected chi connectivity index (χ1v) is 8.59. The van der Waals surface area contributed by atoms with Gasteiger partial charge in [0.25, 0.3) is 0 Å². The summed E-state index contributed by atoms with van der Waals surface area (Å²) in [4.78, 5) is 13.3. The fourth-order valence-electron chi connectivity index (χ4n) is 2.37. The summed E-state index contributed by atoms with van der Waals surface area (Å²) in [5, 5.41) is 8.49. The van der Waals surface area contributed by atoms with Crippen LogP contribution in [0.5, 0.6) is 0 Å². The van der Waals surface area contributed by atoms with Crippen LogP contribution >= 0.6 is 27.3 Å². The molecule has 1 heterocycles. The highest BCUT2D eigenvalue weighted by molar-refractivity contribution is 9.10. The van der Waals surface area contributed by atoms with Gasteiger partial charge < -0.3 is 10.6 Å². The van der Waals surface area contributed by atoms with Gasteiger partial charge >= 0.3 is 0 Å². The van der Waals surface area contributed by atoms with Crippen LogP contribution in [-0.2, 0) is 11.3 Å². The molecule has 0 radical (unpaired) electrons. The van der Waals surface area contributed by atoms with Crippen molar-refractivity contribution in [2.75, 3.05) is 0 Å². The van der Waals surface area contributed by atoms with Crippen molar-refractivity contribution in [3.05, 3.63) is 20.8 Å². The molecule has 1 unspecified atom stereocenters. The maximum absolute atomic E-state index is 12.1. The van der Waals surface area contributed by atoms with Crippen LogP contribution in [0, 0.1) is 0 Å². The smallest absolute Gasteiger partial charge is 0.237 e. The van der Waals surface area contributed by atoms with Crippen LogP contribution in [0.2, 0.25) is 0 Å². The Kier molecular flexibility index (Phi) is 5.85. The second-order valence-electron chi connectivity index (χ2n) is 5.18. The van der Waals surface area contributed by atoms with E-state index >= 15 is 0 Å². The van der Waals surface area contributed by atoms with Crippen LogP contribution < -0.4 is 10.6 Å². The summed E-state index contributed by atoms with van der Waals surface area (Å²) in [5.41, 5.74) is 0. The van der Waals surface area contributed by atoms with Gasteiger partial charge in [-0.15, -0.1) is 11.3 Å². The Bertz CT molecular complexity index is 415. The molecule has 1 aliphatic rings. The highest BCUT2D eigenvalue weighted by atomic mass is 79.9. The molecule has 5 heteroatoms. The van der Waals surface area contributed by atoms with Gasteiger partial charge in [0.1, 0.15) is 0 Å². The first-order valence-electron chi connectivity index (χ1n) is 6.92. The van der Waals surface area contributed by atoms with Crippen LogP contribution in [0.15, 0.2) is 15.9 Å². The standard InChI is InChI=1S/C14H21BrN2OS/c1-10(16-8-13-7-11(15)9-19-13)14(18)17-12-5-3-2-4-6-12/h7,9-10,12,16H,2-6,8H2,1H3,(H,17,18). The van der Waals surface area contributed by atoms with Gasteiger partial charge in [0, 0.05) is 27.3 Å². The lowest BCUT2D eigenvalue weighted by atomic mass is 9.95. The molecule has 2 rings (SSSR count). The van der Waals surface area contributed by atoms with E-state index in [0.29, 0.717) is 6.04 Å². The van der Waals surface area contributed by atoms with Crippen LogP contribution in [0.25, 0.3) is 0 Å². The lowest BCUT2D eigenvalue weighted by molar-refractivity contribution is -0.123. The number of carbonyl (C=O) groups is 1. The van der Waals surface area contributed by atoms with Crippen molar-refractivity contribution < 1.29 is 4.79 Å². The van der Waals surface area contributed by atoms with Crippen LogP contribution in [0.3, 0.4) is 0 Å². The second kappa shape index (κ2) is 7.41. The molecule has 2 N–H and O–H groups in total. The number of amides is 1. The van der Waals surface area contributed by atoms with Crippen LogP contribution in [0.1, 0.15) is 43.9 Å². The normalized spacial score (nSPS) is 18.2. The summed E-state index contributed by atoms with van der Waals surface area (Å²) in [6.07, 6.45) is 6.08. The molecule has 1 aromatic rings. The SMILES string of the molecule is CC(NCc1cc(Br)cs1)C(=O)NC1CCCCC1. The number of rotatable bonds is 5. The zero-order chi connectivity index (χ0) is 13.7. The van der Waals surface area contributed by atoms with Crippen LogP contribution in [-0.4, -0.2) is 18.0 Å². The summed E-state index contributed by atoms with van der Waals surface area (Å²) < 4.78 is 1.11. The van der Waals surface area contributed by atoms with E-state index in [1.807, 2.05) is 6.92 Å². The number of hydrogen-bond acceptors (Lipinski definition) is 3. The van der Waals surface area contributed by atoms with E-state index in [9.17, 15) is 4.79 Å². The monoisotopic (exact) mass is 344 g/mol. The maximum Gasteiger partial charge on any atom is 0.237 e. The Labute approximate surface area is 127 Å². The average molecular weight is 345 g/mol. The second-order valence-corrected chi connectivity index (χ2v) is 7.09. The molecule has 19 heavy (non-hydrogen) atoms. The molecule has 106 valence electrons. The molecule has 1 atom stereocenters. The number of halogens is 1. The Morgan fingerprint density at radius 2 is 2.21 bits per heavy atom. The van der Waals surface area contributed by atoms with Gasteiger partial charge in [0.2, 0.25) is 5.91 Å². The third-order valence-corrected chi connectivity index (χ3v) is 5.25. The van der Waals surface area contributed by atoms with E-state index in [1.165, 1.54) is 24.1 Å². The third-order valence-electron chi connectivity index (χ3n) is 3.55. The molecule has 1 amide bonds. The van der Waals surface area contributed by atoms with Crippen molar-refractivity contribution in [2.45, 2.75) is 57.7 Å². The van der Waals surface area contributed by atoms with E-state index in [0.717, 1.165) is 23.9 Å². The fourth-order valence-corrected chi connectivity index (χ4v) is 3.77. The van der Waals surface area contributed by atoms with E-state index in [2.05, 4.69) is 38.0 Å². The lowest BCUT2D eigenvalue weighted by Crippen LogP contribution is -2.46. The number of carbonyl (C=O) groups excluding carboxylic acids is 1. The predicted octanol–water partition coefficient (Wildman–Crippen LogP) is 3.44. The van der Waals surface area contributed by atoms with Crippen molar-refractivity contribution in [2.24, 2.45) is 0 Å². The highest BCUT2D eigenvalue weighted by Gasteiger charge is 2.19. The average Bonchev–Trinajstić information content (AvgIpc) is 2.83. The lowest BCUT2D eigenvalue weighted by Gasteiger charge is -2.24. The number of nitrogens with one attached hydrogen (secondary N) is 2. The summed E-state index contributed by atoms with van der Waals surface area (Å²) in [5.74, 6) is 0.127. The topological polar surface area (TPSA) is 41.1 Å². The van der Waals surface area contributed by atoms with Gasteiger partial charge in [-0.05, 0) is 41.8 Å². The molecule has 1 fully saturated rings. The Morgan fingerprint density at radius 3 is 2.84 bits per heavy atom. The highest BCUT2D eigenvalue weighted by Crippen LogP contribution is 2.20. The molecule has 0 aromatic carbocycles. The van der Waals surface area contributed by atoms with E-state index in [1.54, 1.807) is 11.3 Å². The van der Waals surface area contributed by atoms with Gasteiger partial charge in [0.05, 0.1) is 6.04 Å². The Hall–Kier alpha value is -0.390. The van der Waals surface area contributed by atoms with Crippen molar-refractivity contribution in [1.29, 1.82) is 0 Å². The Morgan fingerprint density at radius 1 is 1.47 bits per heavy atom. The summed E-state index contributed by atoms with van der Waals surface area (Å²) in [6, 6.07) is 2.34. The number of hydrogen-bond donors (Lipinski definition) is 2. The van der Waals surface area contributed by atoms with Crippen LogP contribution in [0.4, 0.5) is 0 Å². The minimum atomic E-state index is -0.136. The van der Waals surface area contributed by atoms with Gasteiger partial charge in [-0.2, -0.15) is 0 Å². The molecule has 1 saturated carbocycles. The quantitative estimate of drug-likeness (QED) is 0.858. The first kappa shape index (κ1) is 15.0. The molecule has 3 nitrogen and oxygen atoms in total. The summed E-state index contributed by atoms with van der Waals surface area (Å²) in [6.45, 7) is 2.68. The zero-order valence-electron chi connectivity index (χ0n) is 11.2. The van der Waals surface area contributed by atoms with Crippen molar-refractivity contribution in [3.63, 3.8) is 0 Å². The third kappa shape index (κ3) is 4.89. The van der Waals surface area contributed by atoms with Crippen molar-refractivity contribution >= 4 is 33.2 Å². The van der Waals surface area contributed by atoms with E-state index in [4.69, 9.17) is 0 Å². The largest absolute Gasteiger partial charge is 0.352 e. The van der Waals surface area contributed by atoms with E-state index < -0.39 is 0 Å². The molecule has 1 aromatic heterocycles. The molecule has 0 bridgehead atoms. The molecule has 0 saturated heterocycles. The van der Waals surface area contributed by atoms with E-state index in [-0.39, 0.29) is 11.9 Å². The van der Waals surface area contributed by atoms with Crippen molar-refractivity contribution in [1.82, 2.24) is 10.6 Å². The minimum Gasteiger partial charge on any atom is -0.352 e. The molecule has 1 aliphatic carbocycles. The van der Waals surface area contributed by atoms with Gasteiger partial charge in [0.15, 0.2) is 0 Å².